The van der Waals surface area contributed by atoms with E-state index in [2.05, 4.69) is 4.72 Å². The summed E-state index contributed by atoms with van der Waals surface area (Å²) in [6, 6.07) is 11.3. The van der Waals surface area contributed by atoms with Crippen LogP contribution in [0.25, 0.3) is 0 Å². The smallest absolute Gasteiger partial charge is 0.262 e. The first-order chi connectivity index (χ1) is 9.42. The van der Waals surface area contributed by atoms with Crippen LogP contribution in [0.2, 0.25) is 5.02 Å². The van der Waals surface area contributed by atoms with Gasteiger partial charge in [-0.25, -0.2) is 8.42 Å². The van der Waals surface area contributed by atoms with Crippen LogP contribution in [0.4, 0.5) is 5.69 Å². The van der Waals surface area contributed by atoms with Crippen LogP contribution in [0, 0.1) is 6.92 Å². The van der Waals surface area contributed by atoms with Gasteiger partial charge in [-0.3, -0.25) is 4.72 Å². The van der Waals surface area contributed by atoms with Crippen molar-refractivity contribution in [1.82, 2.24) is 0 Å². The molecule has 0 saturated carbocycles. The Bertz CT molecular complexity index is 729. The quantitative estimate of drug-likeness (QED) is 0.940. The second-order valence-corrected chi connectivity index (χ2v) is 6.36. The van der Waals surface area contributed by atoms with Crippen LogP contribution in [0.1, 0.15) is 5.56 Å². The van der Waals surface area contributed by atoms with Crippen LogP contribution in [0.3, 0.4) is 0 Å². The zero-order valence-corrected chi connectivity index (χ0v) is 12.6. The lowest BCUT2D eigenvalue weighted by molar-refractivity contribution is 0.413. The third-order valence-corrected chi connectivity index (χ3v) is 4.39. The normalized spacial score (nSPS) is 11.2. The maximum atomic E-state index is 12.3. The number of hydrogen-bond donors (Lipinski definition) is 1. The third-order valence-electron chi connectivity index (χ3n) is 2.80. The second-order valence-electron chi connectivity index (χ2n) is 4.24. The molecule has 0 unspecified atom stereocenters. The maximum Gasteiger partial charge on any atom is 0.262 e. The van der Waals surface area contributed by atoms with Crippen molar-refractivity contribution in [3.05, 3.63) is 53.1 Å². The summed E-state index contributed by atoms with van der Waals surface area (Å²) >= 11 is 5.88. The van der Waals surface area contributed by atoms with Crippen molar-refractivity contribution in [3.63, 3.8) is 0 Å². The van der Waals surface area contributed by atoms with Crippen molar-refractivity contribution in [2.75, 3.05) is 11.8 Å². The highest BCUT2D eigenvalue weighted by Gasteiger charge is 2.16. The van der Waals surface area contributed by atoms with Crippen molar-refractivity contribution in [3.8, 4) is 5.75 Å². The van der Waals surface area contributed by atoms with Gasteiger partial charge in [0.25, 0.3) is 10.0 Å². The Labute approximate surface area is 123 Å². The first-order valence-corrected chi connectivity index (χ1v) is 7.71. The van der Waals surface area contributed by atoms with Crippen LogP contribution >= 0.6 is 11.6 Å². The third kappa shape index (κ3) is 3.23. The molecule has 6 heteroatoms. The summed E-state index contributed by atoms with van der Waals surface area (Å²) in [5.74, 6) is 0.482. The van der Waals surface area contributed by atoms with Gasteiger partial charge in [-0.2, -0.15) is 0 Å². The molecule has 0 saturated heterocycles. The van der Waals surface area contributed by atoms with Gasteiger partial charge in [-0.1, -0.05) is 23.7 Å². The summed E-state index contributed by atoms with van der Waals surface area (Å²) in [4.78, 5) is 0.135. The Hall–Kier alpha value is -1.72. The van der Waals surface area contributed by atoms with Gasteiger partial charge in [-0.15, -0.1) is 0 Å². The molecule has 0 atom stereocenters. The van der Waals surface area contributed by atoms with Gasteiger partial charge in [0.15, 0.2) is 0 Å². The molecule has 0 spiro atoms. The molecule has 0 aliphatic carbocycles. The fraction of sp³-hybridized carbons (Fsp3) is 0.143. The number of sulfonamides is 1. The van der Waals surface area contributed by atoms with E-state index >= 15 is 0 Å². The van der Waals surface area contributed by atoms with E-state index in [1.54, 1.807) is 37.3 Å². The highest BCUT2D eigenvalue weighted by molar-refractivity contribution is 7.92. The largest absolute Gasteiger partial charge is 0.497 e. The van der Waals surface area contributed by atoms with E-state index in [9.17, 15) is 8.42 Å². The van der Waals surface area contributed by atoms with Gasteiger partial charge < -0.3 is 4.74 Å². The fourth-order valence-corrected chi connectivity index (χ4v) is 3.00. The molecule has 2 aromatic rings. The second kappa shape index (κ2) is 5.73. The number of nitrogens with one attached hydrogen (secondary N) is 1. The molecule has 106 valence electrons. The molecule has 4 nitrogen and oxygen atoms in total. The summed E-state index contributed by atoms with van der Waals surface area (Å²) in [6.07, 6.45) is 0. The summed E-state index contributed by atoms with van der Waals surface area (Å²) < 4.78 is 32.2. The maximum absolute atomic E-state index is 12.3. The SMILES string of the molecule is COc1cccc(S(=O)(=O)Nc2cc(Cl)ccc2C)c1. The van der Waals surface area contributed by atoms with E-state index in [1.165, 1.54) is 19.2 Å². The minimum atomic E-state index is -3.67. The molecular weight excluding hydrogens is 298 g/mol. The molecule has 2 aromatic carbocycles. The van der Waals surface area contributed by atoms with Crippen LogP contribution in [-0.4, -0.2) is 15.5 Å². The molecule has 0 heterocycles. The van der Waals surface area contributed by atoms with Gasteiger partial charge in [0.05, 0.1) is 17.7 Å². The number of ether oxygens (including phenoxy) is 1. The Morgan fingerprint density at radius 2 is 1.90 bits per heavy atom. The number of halogens is 1. The predicted octanol–water partition coefficient (Wildman–Crippen LogP) is 3.46. The number of rotatable bonds is 4. The zero-order chi connectivity index (χ0) is 14.8. The lowest BCUT2D eigenvalue weighted by Gasteiger charge is -2.11. The average molecular weight is 312 g/mol. The molecule has 0 amide bonds. The Balaban J connectivity index is 2.38. The van der Waals surface area contributed by atoms with Crippen LogP contribution in [0.5, 0.6) is 5.75 Å². The van der Waals surface area contributed by atoms with Crippen molar-refractivity contribution in [2.45, 2.75) is 11.8 Å². The van der Waals surface area contributed by atoms with Crippen LogP contribution in [-0.2, 0) is 10.0 Å². The highest BCUT2D eigenvalue weighted by Crippen LogP contribution is 2.24. The molecule has 0 aromatic heterocycles. The van der Waals surface area contributed by atoms with E-state index in [0.717, 1.165) is 5.56 Å². The Morgan fingerprint density at radius 1 is 1.15 bits per heavy atom. The monoisotopic (exact) mass is 311 g/mol. The number of hydrogen-bond acceptors (Lipinski definition) is 3. The zero-order valence-electron chi connectivity index (χ0n) is 11.1. The molecule has 0 aliphatic rings. The van der Waals surface area contributed by atoms with Crippen molar-refractivity contribution in [2.24, 2.45) is 0 Å². The van der Waals surface area contributed by atoms with Crippen molar-refractivity contribution >= 4 is 27.3 Å². The Morgan fingerprint density at radius 3 is 2.60 bits per heavy atom. The predicted molar refractivity (Wildman–Crippen MR) is 80.0 cm³/mol. The first kappa shape index (κ1) is 14.7. The number of methoxy groups -OCH3 is 1. The molecular formula is C14H14ClNO3S. The molecule has 0 radical (unpaired) electrons. The standard InChI is InChI=1S/C14H14ClNO3S/c1-10-6-7-11(15)8-14(10)16-20(17,18)13-5-3-4-12(9-13)19-2/h3-9,16H,1-2H3. The molecule has 0 fully saturated rings. The van der Waals surface area contributed by atoms with E-state index < -0.39 is 10.0 Å². The van der Waals surface area contributed by atoms with Crippen molar-refractivity contribution < 1.29 is 13.2 Å². The summed E-state index contributed by atoms with van der Waals surface area (Å²) in [6.45, 7) is 1.81. The van der Waals surface area contributed by atoms with Gasteiger partial charge in [0.2, 0.25) is 0 Å². The topological polar surface area (TPSA) is 55.4 Å². The number of benzene rings is 2. The number of anilines is 1. The minimum absolute atomic E-state index is 0.135. The van der Waals surface area contributed by atoms with E-state index in [0.29, 0.717) is 16.5 Å². The van der Waals surface area contributed by atoms with Crippen LogP contribution < -0.4 is 9.46 Å². The van der Waals surface area contributed by atoms with E-state index in [-0.39, 0.29) is 4.90 Å². The van der Waals surface area contributed by atoms with Crippen molar-refractivity contribution in [1.29, 1.82) is 0 Å². The highest BCUT2D eigenvalue weighted by atomic mass is 35.5. The van der Waals surface area contributed by atoms with Gasteiger partial charge in [0.1, 0.15) is 5.75 Å². The molecule has 1 N–H and O–H groups in total. The molecule has 0 aliphatic heterocycles. The summed E-state index contributed by atoms with van der Waals surface area (Å²) in [5, 5.41) is 0.471. The minimum Gasteiger partial charge on any atom is -0.497 e. The van der Waals surface area contributed by atoms with Gasteiger partial charge in [0, 0.05) is 11.1 Å². The summed E-state index contributed by atoms with van der Waals surface area (Å²) in [7, 11) is -2.19. The number of aryl methyl sites for hydroxylation is 1. The van der Waals surface area contributed by atoms with Gasteiger partial charge >= 0.3 is 0 Å². The molecule has 20 heavy (non-hydrogen) atoms. The van der Waals surface area contributed by atoms with E-state index in [1.807, 2.05) is 0 Å². The fourth-order valence-electron chi connectivity index (χ4n) is 1.68. The average Bonchev–Trinajstić information content (AvgIpc) is 2.43. The summed E-state index contributed by atoms with van der Waals surface area (Å²) in [5.41, 5.74) is 1.25. The van der Waals surface area contributed by atoms with Gasteiger partial charge in [-0.05, 0) is 36.8 Å². The molecule has 0 bridgehead atoms. The Kier molecular flexibility index (Phi) is 4.20. The van der Waals surface area contributed by atoms with Crippen LogP contribution in [0.15, 0.2) is 47.4 Å². The lowest BCUT2D eigenvalue weighted by atomic mass is 10.2. The lowest BCUT2D eigenvalue weighted by Crippen LogP contribution is -2.13. The molecule has 2 rings (SSSR count). The first-order valence-electron chi connectivity index (χ1n) is 5.85. The van der Waals surface area contributed by atoms with E-state index in [4.69, 9.17) is 16.3 Å².